The lowest BCUT2D eigenvalue weighted by molar-refractivity contribution is -0.0180. The minimum absolute atomic E-state index is 0.336. The van der Waals surface area contributed by atoms with Gasteiger partial charge in [0.2, 0.25) is 5.89 Å². The van der Waals surface area contributed by atoms with Gasteiger partial charge in [-0.2, -0.15) is 0 Å². The van der Waals surface area contributed by atoms with Crippen LogP contribution in [0.3, 0.4) is 0 Å². The fraction of sp³-hybridized carbons (Fsp3) is 0.786. The Hall–Kier alpha value is -0.790. The van der Waals surface area contributed by atoms with Crippen molar-refractivity contribution in [1.82, 2.24) is 4.98 Å². The quantitative estimate of drug-likeness (QED) is 0.720. The Labute approximate surface area is 96.4 Å². The molecule has 0 radical (unpaired) electrons. The molecule has 4 fully saturated rings. The number of rotatable bonds is 1. The molecule has 0 spiro atoms. The van der Waals surface area contributed by atoms with Crippen molar-refractivity contribution in [3.05, 3.63) is 17.8 Å². The summed E-state index contributed by atoms with van der Waals surface area (Å²) in [4.78, 5) is 4.54. The van der Waals surface area contributed by atoms with E-state index >= 15 is 0 Å². The first-order valence-corrected chi connectivity index (χ1v) is 6.66. The maximum Gasteiger partial charge on any atom is 0.200 e. The topological polar surface area (TPSA) is 26.0 Å². The molecule has 4 bridgehead atoms. The summed E-state index contributed by atoms with van der Waals surface area (Å²) in [6.07, 6.45) is 10.4. The summed E-state index contributed by atoms with van der Waals surface area (Å²) >= 11 is 0. The lowest BCUT2D eigenvalue weighted by atomic mass is 9.49. The standard InChI is InChI=1S/C14H19NO/c1-9-8-15-13(16-9)14-5-10-2-11(6-14)4-12(3-10)7-14/h8,10-12H,2-7H2,1H3. The van der Waals surface area contributed by atoms with Gasteiger partial charge in [-0.15, -0.1) is 0 Å². The van der Waals surface area contributed by atoms with Crippen molar-refractivity contribution in [3.63, 3.8) is 0 Å². The summed E-state index contributed by atoms with van der Waals surface area (Å²) in [6.45, 7) is 2.01. The molecule has 0 aromatic carbocycles. The van der Waals surface area contributed by atoms with Crippen LogP contribution in [0.1, 0.15) is 50.2 Å². The van der Waals surface area contributed by atoms with E-state index in [2.05, 4.69) is 4.98 Å². The van der Waals surface area contributed by atoms with Gasteiger partial charge in [0.05, 0.1) is 6.20 Å². The summed E-state index contributed by atoms with van der Waals surface area (Å²) in [5, 5.41) is 0. The van der Waals surface area contributed by atoms with E-state index in [1.807, 2.05) is 13.1 Å². The van der Waals surface area contributed by atoms with Crippen molar-refractivity contribution in [1.29, 1.82) is 0 Å². The van der Waals surface area contributed by atoms with Crippen LogP contribution < -0.4 is 0 Å². The normalized spacial score (nSPS) is 45.2. The van der Waals surface area contributed by atoms with E-state index in [0.717, 1.165) is 29.4 Å². The Morgan fingerprint density at radius 3 is 2.12 bits per heavy atom. The summed E-state index contributed by atoms with van der Waals surface area (Å²) < 4.78 is 5.86. The smallest absolute Gasteiger partial charge is 0.200 e. The van der Waals surface area contributed by atoms with Crippen molar-refractivity contribution in [2.45, 2.75) is 50.9 Å². The highest BCUT2D eigenvalue weighted by Crippen LogP contribution is 2.60. The molecule has 16 heavy (non-hydrogen) atoms. The van der Waals surface area contributed by atoms with Gasteiger partial charge in [0.15, 0.2) is 0 Å². The molecule has 4 aliphatic carbocycles. The van der Waals surface area contributed by atoms with Gasteiger partial charge in [-0.3, -0.25) is 0 Å². The molecular weight excluding hydrogens is 198 g/mol. The number of nitrogens with zero attached hydrogens (tertiary/aromatic N) is 1. The molecule has 4 saturated carbocycles. The van der Waals surface area contributed by atoms with Gasteiger partial charge in [0, 0.05) is 5.41 Å². The molecule has 1 heterocycles. The molecular formula is C14H19NO. The second-order valence-electron chi connectivity index (χ2n) is 6.47. The average Bonchev–Trinajstić information content (AvgIpc) is 2.63. The zero-order chi connectivity index (χ0) is 10.8. The lowest BCUT2D eigenvalue weighted by Crippen LogP contribution is -2.48. The van der Waals surface area contributed by atoms with Gasteiger partial charge < -0.3 is 4.42 Å². The molecule has 0 saturated heterocycles. The third-order valence-electron chi connectivity index (χ3n) is 5.11. The van der Waals surface area contributed by atoms with Crippen LogP contribution in [0.4, 0.5) is 0 Å². The van der Waals surface area contributed by atoms with E-state index in [4.69, 9.17) is 4.42 Å². The average molecular weight is 217 g/mol. The van der Waals surface area contributed by atoms with Crippen molar-refractivity contribution < 1.29 is 4.42 Å². The molecule has 0 N–H and O–H groups in total. The molecule has 2 heteroatoms. The predicted octanol–water partition coefficient (Wildman–Crippen LogP) is 3.45. The summed E-state index contributed by atoms with van der Waals surface area (Å²) in [5.74, 6) is 4.95. The fourth-order valence-electron chi connectivity index (χ4n) is 4.97. The minimum atomic E-state index is 0.336. The first kappa shape index (κ1) is 9.26. The van der Waals surface area contributed by atoms with Crippen LogP contribution in [-0.4, -0.2) is 4.98 Å². The van der Waals surface area contributed by atoms with Crippen molar-refractivity contribution in [3.8, 4) is 0 Å². The van der Waals surface area contributed by atoms with Gasteiger partial charge in [0.1, 0.15) is 5.76 Å². The zero-order valence-electron chi connectivity index (χ0n) is 9.91. The molecule has 0 aliphatic heterocycles. The zero-order valence-corrected chi connectivity index (χ0v) is 9.91. The molecule has 1 aromatic heterocycles. The van der Waals surface area contributed by atoms with E-state index in [1.54, 1.807) is 0 Å². The maximum atomic E-state index is 5.86. The summed E-state index contributed by atoms with van der Waals surface area (Å²) in [6, 6.07) is 0. The van der Waals surface area contributed by atoms with Crippen LogP contribution in [0.15, 0.2) is 10.6 Å². The Kier molecular flexibility index (Phi) is 1.68. The third-order valence-corrected chi connectivity index (χ3v) is 5.11. The Morgan fingerprint density at radius 1 is 1.12 bits per heavy atom. The number of hydrogen-bond donors (Lipinski definition) is 0. The number of oxazole rings is 1. The molecule has 1 aromatic rings. The van der Waals surface area contributed by atoms with E-state index in [-0.39, 0.29) is 0 Å². The Balaban J connectivity index is 1.76. The largest absolute Gasteiger partial charge is 0.445 e. The first-order valence-electron chi connectivity index (χ1n) is 6.66. The molecule has 5 rings (SSSR count). The van der Waals surface area contributed by atoms with Crippen LogP contribution in [-0.2, 0) is 5.41 Å². The molecule has 2 nitrogen and oxygen atoms in total. The van der Waals surface area contributed by atoms with Gasteiger partial charge in [-0.05, 0) is 63.2 Å². The number of aryl methyl sites for hydroxylation is 1. The van der Waals surface area contributed by atoms with E-state index in [9.17, 15) is 0 Å². The van der Waals surface area contributed by atoms with Crippen LogP contribution in [0.25, 0.3) is 0 Å². The Morgan fingerprint density at radius 2 is 1.69 bits per heavy atom. The number of aromatic nitrogens is 1. The first-order chi connectivity index (χ1) is 7.73. The van der Waals surface area contributed by atoms with E-state index in [1.165, 1.54) is 38.5 Å². The second-order valence-corrected chi connectivity index (χ2v) is 6.47. The van der Waals surface area contributed by atoms with E-state index in [0.29, 0.717) is 5.41 Å². The second kappa shape index (κ2) is 2.91. The van der Waals surface area contributed by atoms with Crippen LogP contribution >= 0.6 is 0 Å². The van der Waals surface area contributed by atoms with Gasteiger partial charge in [0.25, 0.3) is 0 Å². The van der Waals surface area contributed by atoms with Gasteiger partial charge in [-0.25, -0.2) is 4.98 Å². The summed E-state index contributed by atoms with van der Waals surface area (Å²) in [7, 11) is 0. The van der Waals surface area contributed by atoms with Crippen LogP contribution in [0, 0.1) is 24.7 Å². The highest BCUT2D eigenvalue weighted by atomic mass is 16.4. The van der Waals surface area contributed by atoms with Crippen LogP contribution in [0.5, 0.6) is 0 Å². The van der Waals surface area contributed by atoms with Crippen molar-refractivity contribution in [2.24, 2.45) is 17.8 Å². The van der Waals surface area contributed by atoms with E-state index < -0.39 is 0 Å². The predicted molar refractivity (Wildman–Crippen MR) is 61.1 cm³/mol. The Bertz CT molecular complexity index is 385. The molecule has 0 atom stereocenters. The SMILES string of the molecule is Cc1cnc(C23CC4CC(CC(C4)C2)C3)o1. The van der Waals surface area contributed by atoms with Gasteiger partial charge >= 0.3 is 0 Å². The molecule has 0 amide bonds. The van der Waals surface area contributed by atoms with Crippen molar-refractivity contribution >= 4 is 0 Å². The highest BCUT2D eigenvalue weighted by Gasteiger charge is 2.53. The molecule has 0 unspecified atom stereocenters. The third kappa shape index (κ3) is 1.16. The minimum Gasteiger partial charge on any atom is -0.445 e. The monoisotopic (exact) mass is 217 g/mol. The number of hydrogen-bond acceptors (Lipinski definition) is 2. The van der Waals surface area contributed by atoms with Gasteiger partial charge in [-0.1, -0.05) is 0 Å². The maximum absolute atomic E-state index is 5.86. The molecule has 86 valence electrons. The fourth-order valence-corrected chi connectivity index (χ4v) is 4.97. The lowest BCUT2D eigenvalue weighted by Gasteiger charge is -2.55. The summed E-state index contributed by atoms with van der Waals surface area (Å²) in [5.41, 5.74) is 0.336. The molecule has 4 aliphatic rings. The highest BCUT2D eigenvalue weighted by molar-refractivity contribution is 5.16. The van der Waals surface area contributed by atoms with Crippen LogP contribution in [0.2, 0.25) is 0 Å². The van der Waals surface area contributed by atoms with Crippen molar-refractivity contribution in [2.75, 3.05) is 0 Å².